The number of nitrogen functional groups attached to an aromatic ring is 1. The summed E-state index contributed by atoms with van der Waals surface area (Å²) in [6.45, 7) is 1.73. The van der Waals surface area contributed by atoms with Crippen molar-refractivity contribution in [3.63, 3.8) is 0 Å². The molecule has 2 aromatic rings. The Morgan fingerprint density at radius 1 is 1.41 bits per heavy atom. The molecule has 0 aliphatic heterocycles. The number of hydrogen-bond donors (Lipinski definition) is 3. The maximum absolute atomic E-state index is 9.49. The molecular formula is C10H12N6O. The van der Waals surface area contributed by atoms with Gasteiger partial charge in [0, 0.05) is 5.56 Å². The lowest BCUT2D eigenvalue weighted by atomic mass is 10.2. The van der Waals surface area contributed by atoms with E-state index < -0.39 is 0 Å². The largest absolute Gasteiger partial charge is 0.507 e. The van der Waals surface area contributed by atoms with Crippen LogP contribution >= 0.6 is 0 Å². The SMILES string of the molecule is Cc1nnc(NN=Cc2ccccc2O)n1N. The first-order valence-electron chi connectivity index (χ1n) is 4.92. The number of aromatic nitrogens is 3. The molecule has 0 atom stereocenters. The van der Waals surface area contributed by atoms with Crippen LogP contribution in [0.5, 0.6) is 5.75 Å². The fraction of sp³-hybridized carbons (Fsp3) is 0.100. The van der Waals surface area contributed by atoms with Gasteiger partial charge in [0.1, 0.15) is 5.75 Å². The molecule has 1 aromatic heterocycles. The second-order valence-corrected chi connectivity index (χ2v) is 3.37. The van der Waals surface area contributed by atoms with Gasteiger partial charge in [0.25, 0.3) is 5.95 Å². The Kier molecular flexibility index (Phi) is 2.91. The van der Waals surface area contributed by atoms with Gasteiger partial charge in [-0.15, -0.1) is 10.2 Å². The first-order valence-corrected chi connectivity index (χ1v) is 4.92. The van der Waals surface area contributed by atoms with E-state index in [9.17, 15) is 5.11 Å². The average Bonchev–Trinajstić information content (AvgIpc) is 2.63. The van der Waals surface area contributed by atoms with Gasteiger partial charge >= 0.3 is 0 Å². The Balaban J connectivity index is 2.08. The van der Waals surface area contributed by atoms with E-state index in [1.54, 1.807) is 31.2 Å². The Bertz CT molecular complexity index is 547. The number of hydrogen-bond acceptors (Lipinski definition) is 6. The van der Waals surface area contributed by atoms with Gasteiger partial charge < -0.3 is 10.9 Å². The van der Waals surface area contributed by atoms with Crippen LogP contribution in [0.25, 0.3) is 0 Å². The van der Waals surface area contributed by atoms with Gasteiger partial charge in [0.05, 0.1) is 6.21 Å². The summed E-state index contributed by atoms with van der Waals surface area (Å²) in [5, 5.41) is 20.9. The van der Waals surface area contributed by atoms with E-state index in [0.29, 0.717) is 17.3 Å². The van der Waals surface area contributed by atoms with Crippen LogP contribution < -0.4 is 11.3 Å². The number of rotatable bonds is 3. The van der Waals surface area contributed by atoms with Crippen LogP contribution in [0.15, 0.2) is 29.4 Å². The monoisotopic (exact) mass is 232 g/mol. The van der Waals surface area contributed by atoms with Crippen LogP contribution in [0, 0.1) is 6.92 Å². The lowest BCUT2D eigenvalue weighted by Gasteiger charge is -2.00. The molecule has 0 spiro atoms. The van der Waals surface area contributed by atoms with Crippen molar-refractivity contribution in [1.29, 1.82) is 0 Å². The lowest BCUT2D eigenvalue weighted by molar-refractivity contribution is 0.474. The third-order valence-electron chi connectivity index (χ3n) is 2.17. The second kappa shape index (κ2) is 4.52. The van der Waals surface area contributed by atoms with Crippen molar-refractivity contribution in [3.8, 4) is 5.75 Å². The Hall–Kier alpha value is -2.57. The zero-order valence-electron chi connectivity index (χ0n) is 9.20. The van der Waals surface area contributed by atoms with Gasteiger partial charge in [0.15, 0.2) is 5.82 Å². The van der Waals surface area contributed by atoms with Crippen molar-refractivity contribution in [1.82, 2.24) is 14.9 Å². The quantitative estimate of drug-likeness (QED) is 0.405. The van der Waals surface area contributed by atoms with Crippen molar-refractivity contribution in [2.24, 2.45) is 5.10 Å². The van der Waals surface area contributed by atoms with E-state index in [1.807, 2.05) is 0 Å². The number of phenols is 1. The topological polar surface area (TPSA) is 101 Å². The fourth-order valence-electron chi connectivity index (χ4n) is 1.20. The summed E-state index contributed by atoms with van der Waals surface area (Å²) in [6, 6.07) is 6.85. The van der Waals surface area contributed by atoms with E-state index in [4.69, 9.17) is 5.84 Å². The van der Waals surface area contributed by atoms with Crippen molar-refractivity contribution >= 4 is 12.2 Å². The van der Waals surface area contributed by atoms with E-state index in [2.05, 4.69) is 20.7 Å². The third kappa shape index (κ3) is 2.33. The Labute approximate surface area is 97.6 Å². The van der Waals surface area contributed by atoms with Gasteiger partial charge in [0.2, 0.25) is 0 Å². The number of phenolic OH excluding ortho intramolecular Hbond substituents is 1. The highest BCUT2D eigenvalue weighted by Gasteiger charge is 2.03. The zero-order chi connectivity index (χ0) is 12.3. The summed E-state index contributed by atoms with van der Waals surface area (Å²) in [6.07, 6.45) is 1.47. The van der Waals surface area contributed by atoms with Crippen LogP contribution in [-0.2, 0) is 0 Å². The standard InChI is InChI=1S/C10H12N6O/c1-7-13-15-10(16(7)11)14-12-6-8-4-2-3-5-9(8)17/h2-6,17H,11H2,1H3,(H,14,15). The maximum Gasteiger partial charge on any atom is 0.263 e. The zero-order valence-corrected chi connectivity index (χ0v) is 9.20. The highest BCUT2D eigenvalue weighted by Crippen LogP contribution is 2.12. The van der Waals surface area contributed by atoms with Gasteiger partial charge in [-0.25, -0.2) is 10.1 Å². The molecular weight excluding hydrogens is 220 g/mol. The molecule has 7 heteroatoms. The summed E-state index contributed by atoms with van der Waals surface area (Å²) in [5.41, 5.74) is 3.23. The van der Waals surface area contributed by atoms with Gasteiger partial charge in [-0.1, -0.05) is 12.1 Å². The second-order valence-electron chi connectivity index (χ2n) is 3.37. The van der Waals surface area contributed by atoms with E-state index in [0.717, 1.165) is 0 Å². The summed E-state index contributed by atoms with van der Waals surface area (Å²) < 4.78 is 1.28. The highest BCUT2D eigenvalue weighted by atomic mass is 16.3. The lowest BCUT2D eigenvalue weighted by Crippen LogP contribution is -2.13. The molecule has 2 rings (SSSR count). The van der Waals surface area contributed by atoms with Crippen molar-refractivity contribution in [2.75, 3.05) is 11.3 Å². The van der Waals surface area contributed by atoms with Crippen molar-refractivity contribution in [2.45, 2.75) is 6.92 Å². The predicted octanol–water partition coefficient (Wildman–Crippen LogP) is 0.452. The number of para-hydroxylation sites is 1. The molecule has 17 heavy (non-hydrogen) atoms. The predicted molar refractivity (Wildman–Crippen MR) is 64.2 cm³/mol. The first kappa shape index (κ1) is 10.9. The normalized spacial score (nSPS) is 10.9. The van der Waals surface area contributed by atoms with Gasteiger partial charge in [-0.05, 0) is 19.1 Å². The molecule has 0 aliphatic carbocycles. The summed E-state index contributed by atoms with van der Waals surface area (Å²) >= 11 is 0. The number of anilines is 1. The molecule has 7 nitrogen and oxygen atoms in total. The molecule has 0 saturated heterocycles. The number of hydrazone groups is 1. The molecule has 0 aliphatic rings. The molecule has 1 aromatic carbocycles. The number of nitrogens with one attached hydrogen (secondary N) is 1. The van der Waals surface area contributed by atoms with Gasteiger partial charge in [-0.3, -0.25) is 0 Å². The fourth-order valence-corrected chi connectivity index (χ4v) is 1.20. The summed E-state index contributed by atoms with van der Waals surface area (Å²) in [7, 11) is 0. The molecule has 0 amide bonds. The average molecular weight is 232 g/mol. The van der Waals surface area contributed by atoms with Gasteiger partial charge in [-0.2, -0.15) is 5.10 Å². The van der Waals surface area contributed by atoms with Crippen molar-refractivity contribution < 1.29 is 5.11 Å². The molecule has 1 heterocycles. The number of benzene rings is 1. The van der Waals surface area contributed by atoms with Crippen LogP contribution in [-0.4, -0.2) is 26.2 Å². The highest BCUT2D eigenvalue weighted by molar-refractivity contribution is 5.83. The van der Waals surface area contributed by atoms with Crippen molar-refractivity contribution in [3.05, 3.63) is 35.7 Å². The minimum Gasteiger partial charge on any atom is -0.507 e. The van der Waals surface area contributed by atoms with Crippen LogP contribution in [0.2, 0.25) is 0 Å². The van der Waals surface area contributed by atoms with E-state index in [-0.39, 0.29) is 5.75 Å². The molecule has 0 radical (unpaired) electrons. The smallest absolute Gasteiger partial charge is 0.263 e. The Morgan fingerprint density at radius 2 is 2.18 bits per heavy atom. The Morgan fingerprint density at radius 3 is 2.82 bits per heavy atom. The van der Waals surface area contributed by atoms with E-state index in [1.165, 1.54) is 10.9 Å². The molecule has 0 unspecified atom stereocenters. The minimum atomic E-state index is 0.156. The number of aromatic hydroxyl groups is 1. The van der Waals surface area contributed by atoms with E-state index >= 15 is 0 Å². The maximum atomic E-state index is 9.49. The summed E-state index contributed by atoms with van der Waals surface area (Å²) in [4.78, 5) is 0. The first-order chi connectivity index (χ1) is 8.18. The molecule has 4 N–H and O–H groups in total. The molecule has 0 fully saturated rings. The minimum absolute atomic E-state index is 0.156. The summed E-state index contributed by atoms with van der Waals surface area (Å²) in [5.74, 6) is 6.68. The number of nitrogens with two attached hydrogens (primary N) is 1. The number of nitrogens with zero attached hydrogens (tertiary/aromatic N) is 4. The number of aryl methyl sites for hydroxylation is 1. The third-order valence-corrected chi connectivity index (χ3v) is 2.17. The van der Waals surface area contributed by atoms with Crippen LogP contribution in [0.4, 0.5) is 5.95 Å². The molecule has 0 saturated carbocycles. The van der Waals surface area contributed by atoms with Crippen LogP contribution in [0.3, 0.4) is 0 Å². The molecule has 0 bridgehead atoms. The van der Waals surface area contributed by atoms with Crippen LogP contribution in [0.1, 0.15) is 11.4 Å². The molecule has 88 valence electrons.